The molecule has 0 radical (unpaired) electrons. The molecule has 1 saturated carbocycles. The second kappa shape index (κ2) is 6.65. The number of nitrogens with one attached hydrogen (secondary N) is 2. The van der Waals surface area contributed by atoms with Gasteiger partial charge in [0.25, 0.3) is 0 Å². The van der Waals surface area contributed by atoms with Gasteiger partial charge in [-0.25, -0.2) is 9.37 Å². The van der Waals surface area contributed by atoms with Crippen molar-refractivity contribution in [1.82, 2.24) is 9.97 Å². The summed E-state index contributed by atoms with van der Waals surface area (Å²) in [5, 5.41) is 14.3. The van der Waals surface area contributed by atoms with E-state index in [4.69, 9.17) is 5.11 Å². The fourth-order valence-corrected chi connectivity index (χ4v) is 2.53. The smallest absolute Gasteiger partial charge is 0.322 e. The van der Waals surface area contributed by atoms with E-state index in [1.807, 2.05) is 22.6 Å². The van der Waals surface area contributed by atoms with Crippen LogP contribution in [0, 0.1) is 9.39 Å². The highest BCUT2D eigenvalue weighted by atomic mass is 127. The number of carboxylic acid groups (broad SMARTS) is 1. The van der Waals surface area contributed by atoms with Gasteiger partial charge in [-0.1, -0.05) is 0 Å². The Balaban J connectivity index is 1.86. The molecule has 3 rings (SSSR count). The van der Waals surface area contributed by atoms with Crippen LogP contribution < -0.4 is 10.6 Å². The van der Waals surface area contributed by atoms with Crippen molar-refractivity contribution < 1.29 is 14.3 Å². The molecular formula is C15H14FIN4O2. The highest BCUT2D eigenvalue weighted by Crippen LogP contribution is 2.40. The summed E-state index contributed by atoms with van der Waals surface area (Å²) in [5.74, 6) is -0.335. The number of carboxylic acids is 1. The average Bonchev–Trinajstić information content (AvgIpc) is 3.33. The van der Waals surface area contributed by atoms with Crippen molar-refractivity contribution in [1.29, 1.82) is 0 Å². The SMILES string of the molecule is O=C(O)CNc1nc(Nc2ccc(I)cc2F)cc(C2CC2)n1. The van der Waals surface area contributed by atoms with Gasteiger partial charge in [-0.15, -0.1) is 0 Å². The largest absolute Gasteiger partial charge is 0.480 e. The van der Waals surface area contributed by atoms with Crippen molar-refractivity contribution in [3.63, 3.8) is 0 Å². The van der Waals surface area contributed by atoms with Crippen LogP contribution in [0.4, 0.5) is 21.8 Å². The van der Waals surface area contributed by atoms with Gasteiger partial charge in [0.1, 0.15) is 18.2 Å². The lowest BCUT2D eigenvalue weighted by molar-refractivity contribution is -0.134. The second-order valence-electron chi connectivity index (χ2n) is 5.27. The molecule has 0 unspecified atom stereocenters. The summed E-state index contributed by atoms with van der Waals surface area (Å²) in [6.07, 6.45) is 2.10. The zero-order chi connectivity index (χ0) is 16.4. The quantitative estimate of drug-likeness (QED) is 0.612. The lowest BCUT2D eigenvalue weighted by Crippen LogP contribution is -2.15. The normalized spacial score (nSPS) is 13.7. The molecule has 1 aliphatic rings. The van der Waals surface area contributed by atoms with E-state index in [1.54, 1.807) is 18.2 Å². The van der Waals surface area contributed by atoms with Crippen LogP contribution in [-0.4, -0.2) is 27.6 Å². The minimum Gasteiger partial charge on any atom is -0.480 e. The van der Waals surface area contributed by atoms with Crippen LogP contribution in [-0.2, 0) is 4.79 Å². The lowest BCUT2D eigenvalue weighted by atomic mass is 10.2. The molecule has 2 aromatic rings. The van der Waals surface area contributed by atoms with Crippen molar-refractivity contribution in [3.05, 3.63) is 39.3 Å². The molecule has 3 N–H and O–H groups in total. The first-order valence-electron chi connectivity index (χ1n) is 7.08. The van der Waals surface area contributed by atoms with E-state index in [2.05, 4.69) is 20.6 Å². The number of hydrogen-bond donors (Lipinski definition) is 3. The Labute approximate surface area is 145 Å². The maximum atomic E-state index is 14.0. The molecule has 0 amide bonds. The van der Waals surface area contributed by atoms with Crippen molar-refractivity contribution in [3.8, 4) is 0 Å². The predicted octanol–water partition coefficient (Wildman–Crippen LogP) is 3.34. The minimum atomic E-state index is -0.997. The number of aliphatic carboxylic acids is 1. The van der Waals surface area contributed by atoms with Gasteiger partial charge in [-0.3, -0.25) is 4.79 Å². The Morgan fingerprint density at radius 3 is 2.78 bits per heavy atom. The fraction of sp³-hybridized carbons (Fsp3) is 0.267. The van der Waals surface area contributed by atoms with Crippen LogP contribution in [0.1, 0.15) is 24.5 Å². The minimum absolute atomic E-state index is 0.227. The van der Waals surface area contributed by atoms with Gasteiger partial charge in [0, 0.05) is 15.6 Å². The molecule has 1 aromatic carbocycles. The van der Waals surface area contributed by atoms with E-state index in [9.17, 15) is 9.18 Å². The van der Waals surface area contributed by atoms with Crippen LogP contribution in [0.5, 0.6) is 0 Å². The lowest BCUT2D eigenvalue weighted by Gasteiger charge is -2.11. The Kier molecular flexibility index (Phi) is 4.60. The van der Waals surface area contributed by atoms with Crippen molar-refractivity contribution >= 4 is 46.0 Å². The molecule has 120 valence electrons. The van der Waals surface area contributed by atoms with Crippen LogP contribution in [0.2, 0.25) is 0 Å². The number of halogens is 2. The van der Waals surface area contributed by atoms with Crippen molar-refractivity contribution in [2.75, 3.05) is 17.2 Å². The van der Waals surface area contributed by atoms with Gasteiger partial charge < -0.3 is 15.7 Å². The zero-order valence-corrected chi connectivity index (χ0v) is 14.2. The van der Waals surface area contributed by atoms with E-state index in [-0.39, 0.29) is 18.3 Å². The first kappa shape index (κ1) is 15.9. The monoisotopic (exact) mass is 428 g/mol. The van der Waals surface area contributed by atoms with E-state index in [0.29, 0.717) is 17.4 Å². The summed E-state index contributed by atoms with van der Waals surface area (Å²) < 4.78 is 14.8. The molecule has 6 nitrogen and oxygen atoms in total. The Bertz CT molecular complexity index is 752. The third-order valence-corrected chi connectivity index (χ3v) is 4.00. The number of aromatic nitrogens is 2. The van der Waals surface area contributed by atoms with Crippen molar-refractivity contribution in [2.45, 2.75) is 18.8 Å². The second-order valence-corrected chi connectivity index (χ2v) is 6.52. The molecule has 0 saturated heterocycles. The van der Waals surface area contributed by atoms with Crippen LogP contribution in [0.15, 0.2) is 24.3 Å². The van der Waals surface area contributed by atoms with Crippen molar-refractivity contribution in [2.24, 2.45) is 0 Å². The van der Waals surface area contributed by atoms with Gasteiger partial charge in [0.15, 0.2) is 0 Å². The number of carbonyl (C=O) groups is 1. The van der Waals surface area contributed by atoms with Gasteiger partial charge in [0.2, 0.25) is 5.95 Å². The summed E-state index contributed by atoms with van der Waals surface area (Å²) in [5.41, 5.74) is 1.15. The molecule has 8 heteroatoms. The van der Waals surface area contributed by atoms with Crippen LogP contribution in [0.25, 0.3) is 0 Å². The molecular weight excluding hydrogens is 414 g/mol. The molecule has 1 aromatic heterocycles. The van der Waals surface area contributed by atoms with E-state index in [0.717, 1.165) is 22.1 Å². The van der Waals surface area contributed by atoms with Gasteiger partial charge >= 0.3 is 5.97 Å². The van der Waals surface area contributed by atoms with Crippen LogP contribution in [0.3, 0.4) is 0 Å². The van der Waals surface area contributed by atoms with E-state index in [1.165, 1.54) is 6.07 Å². The predicted molar refractivity (Wildman–Crippen MR) is 92.5 cm³/mol. The molecule has 23 heavy (non-hydrogen) atoms. The topological polar surface area (TPSA) is 87.1 Å². The average molecular weight is 428 g/mol. The summed E-state index contributed by atoms with van der Waals surface area (Å²) in [4.78, 5) is 19.2. The summed E-state index contributed by atoms with van der Waals surface area (Å²) >= 11 is 2.04. The third kappa shape index (κ3) is 4.27. The molecule has 1 heterocycles. The van der Waals surface area contributed by atoms with E-state index >= 15 is 0 Å². The molecule has 1 aliphatic carbocycles. The number of benzene rings is 1. The number of hydrogen-bond acceptors (Lipinski definition) is 5. The zero-order valence-electron chi connectivity index (χ0n) is 12.0. The number of nitrogens with zero attached hydrogens (tertiary/aromatic N) is 2. The summed E-state index contributed by atoms with van der Waals surface area (Å²) in [7, 11) is 0. The molecule has 0 atom stereocenters. The fourth-order valence-electron chi connectivity index (χ4n) is 2.08. The standard InChI is InChI=1S/C15H14FIN4O2/c16-10-5-9(17)3-4-11(10)19-13-6-12(8-1-2-8)20-15(21-13)18-7-14(22)23/h3-6,8H,1-2,7H2,(H,22,23)(H2,18,19,20,21). The number of rotatable bonds is 6. The Hall–Kier alpha value is -1.97. The highest BCUT2D eigenvalue weighted by molar-refractivity contribution is 14.1. The molecule has 0 bridgehead atoms. The maximum Gasteiger partial charge on any atom is 0.322 e. The highest BCUT2D eigenvalue weighted by Gasteiger charge is 2.26. The first-order chi connectivity index (χ1) is 11.0. The van der Waals surface area contributed by atoms with E-state index < -0.39 is 5.97 Å². The molecule has 0 aliphatic heterocycles. The van der Waals surface area contributed by atoms with Gasteiger partial charge in [0.05, 0.1) is 11.4 Å². The summed E-state index contributed by atoms with van der Waals surface area (Å²) in [6.45, 7) is -0.272. The first-order valence-corrected chi connectivity index (χ1v) is 8.16. The Morgan fingerprint density at radius 1 is 1.35 bits per heavy atom. The Morgan fingerprint density at radius 2 is 2.13 bits per heavy atom. The van der Waals surface area contributed by atoms with Gasteiger partial charge in [-0.05, 0) is 53.6 Å². The summed E-state index contributed by atoms with van der Waals surface area (Å²) in [6, 6.07) is 6.63. The van der Waals surface area contributed by atoms with Gasteiger partial charge in [-0.2, -0.15) is 4.98 Å². The molecule has 1 fully saturated rings. The van der Waals surface area contributed by atoms with Crippen LogP contribution >= 0.6 is 22.6 Å². The third-order valence-electron chi connectivity index (χ3n) is 3.33. The number of anilines is 3. The maximum absolute atomic E-state index is 14.0. The molecule has 0 spiro atoms.